The molecule has 0 bridgehead atoms. The molecule has 1 aromatic rings. The third kappa shape index (κ3) is 4.73. The maximum atomic E-state index is 9.94. The van der Waals surface area contributed by atoms with Gasteiger partial charge in [-0.2, -0.15) is 10.5 Å². The van der Waals surface area contributed by atoms with Crippen LogP contribution in [0.4, 0.5) is 0 Å². The van der Waals surface area contributed by atoms with E-state index in [9.17, 15) is 5.26 Å². The minimum atomic E-state index is -0.332. The van der Waals surface area contributed by atoms with Crippen molar-refractivity contribution in [2.75, 3.05) is 0 Å². The second kappa shape index (κ2) is 9.41. The van der Waals surface area contributed by atoms with Crippen LogP contribution in [0.3, 0.4) is 0 Å². The van der Waals surface area contributed by atoms with E-state index in [1.807, 2.05) is 24.3 Å². The summed E-state index contributed by atoms with van der Waals surface area (Å²) >= 11 is 0. The molecule has 0 heterocycles. The summed E-state index contributed by atoms with van der Waals surface area (Å²) in [7, 11) is 0. The summed E-state index contributed by atoms with van der Waals surface area (Å²) in [4.78, 5) is 0. The van der Waals surface area contributed by atoms with Gasteiger partial charge in [-0.1, -0.05) is 57.6 Å². The van der Waals surface area contributed by atoms with Gasteiger partial charge in [-0.15, -0.1) is 0 Å². The molecule has 2 saturated carbocycles. The van der Waals surface area contributed by atoms with E-state index in [1.54, 1.807) is 0 Å². The van der Waals surface area contributed by atoms with E-state index in [4.69, 9.17) is 5.26 Å². The van der Waals surface area contributed by atoms with Gasteiger partial charge in [0.15, 0.2) is 0 Å². The van der Waals surface area contributed by atoms with Crippen molar-refractivity contribution in [3.8, 4) is 12.1 Å². The summed E-state index contributed by atoms with van der Waals surface area (Å²) in [5.41, 5.74) is 1.46. The summed E-state index contributed by atoms with van der Waals surface area (Å²) in [5, 5.41) is 18.9. The molecule has 0 spiro atoms. The van der Waals surface area contributed by atoms with Gasteiger partial charge in [0.1, 0.15) is 0 Å². The monoisotopic (exact) mass is 362 g/mol. The first-order chi connectivity index (χ1) is 13.2. The summed E-state index contributed by atoms with van der Waals surface area (Å²) in [6.45, 7) is 2.29. The molecule has 2 fully saturated rings. The molecule has 0 saturated heterocycles. The van der Waals surface area contributed by atoms with Crippen molar-refractivity contribution >= 4 is 0 Å². The van der Waals surface area contributed by atoms with Gasteiger partial charge in [0.25, 0.3) is 0 Å². The molecule has 0 aliphatic heterocycles. The van der Waals surface area contributed by atoms with Crippen molar-refractivity contribution in [2.45, 2.75) is 89.4 Å². The van der Waals surface area contributed by atoms with E-state index in [2.05, 4.69) is 19.1 Å². The lowest BCUT2D eigenvalue weighted by Gasteiger charge is -2.41. The first kappa shape index (κ1) is 19.9. The molecule has 0 amide bonds. The molecule has 2 heteroatoms. The molecule has 2 nitrogen and oxygen atoms in total. The van der Waals surface area contributed by atoms with E-state index >= 15 is 0 Å². The number of nitrogens with zero attached hydrogens (tertiary/aromatic N) is 2. The van der Waals surface area contributed by atoms with Crippen LogP contribution in [0.25, 0.3) is 0 Å². The van der Waals surface area contributed by atoms with Crippen LogP contribution in [-0.4, -0.2) is 0 Å². The molecule has 144 valence electrons. The fourth-order valence-corrected chi connectivity index (χ4v) is 5.56. The minimum absolute atomic E-state index is 0.332. The average Bonchev–Trinajstić information content (AvgIpc) is 2.75. The van der Waals surface area contributed by atoms with Crippen LogP contribution in [0.1, 0.15) is 95.1 Å². The number of benzene rings is 1. The zero-order chi connectivity index (χ0) is 19.1. The molecule has 1 aromatic carbocycles. The SMILES string of the molecule is CCCCCC1CCC(C2CCC(C#N)(c3ccc(C#N)cc3)CC2)CC1. The second-order valence-corrected chi connectivity index (χ2v) is 9.00. The Morgan fingerprint density at radius 3 is 2.07 bits per heavy atom. The molecule has 2 aliphatic carbocycles. The number of rotatable bonds is 6. The highest BCUT2D eigenvalue weighted by molar-refractivity contribution is 5.38. The Morgan fingerprint density at radius 2 is 1.52 bits per heavy atom. The van der Waals surface area contributed by atoms with Gasteiger partial charge in [-0.05, 0) is 74.0 Å². The lowest BCUT2D eigenvalue weighted by Crippen LogP contribution is -2.33. The molecule has 0 unspecified atom stereocenters. The molecular weight excluding hydrogens is 328 g/mol. The van der Waals surface area contributed by atoms with Gasteiger partial charge in [0, 0.05) is 0 Å². The normalized spacial score (nSPS) is 31.0. The molecule has 0 radical (unpaired) electrons. The Hall–Kier alpha value is -1.80. The summed E-state index contributed by atoms with van der Waals surface area (Å²) in [6, 6.07) is 12.6. The molecule has 27 heavy (non-hydrogen) atoms. The summed E-state index contributed by atoms with van der Waals surface area (Å²) in [6.07, 6.45) is 15.6. The van der Waals surface area contributed by atoms with E-state index in [-0.39, 0.29) is 5.41 Å². The Balaban J connectivity index is 1.52. The van der Waals surface area contributed by atoms with Crippen molar-refractivity contribution in [1.82, 2.24) is 0 Å². The van der Waals surface area contributed by atoms with E-state index in [0.717, 1.165) is 36.2 Å². The highest BCUT2D eigenvalue weighted by atomic mass is 14.5. The standard InChI is InChI=1S/C25H34N2/c1-2-3-4-5-20-6-10-22(11-7-20)23-14-16-25(19-27,17-15-23)24-12-8-21(18-26)9-13-24/h8-9,12-13,20,22-23H,2-7,10-11,14-17H2,1H3. The van der Waals surface area contributed by atoms with E-state index in [0.29, 0.717) is 5.56 Å². The average molecular weight is 363 g/mol. The Labute approximate surface area is 165 Å². The van der Waals surface area contributed by atoms with Gasteiger partial charge in [-0.25, -0.2) is 0 Å². The number of unbranched alkanes of at least 4 members (excludes halogenated alkanes) is 2. The highest BCUT2D eigenvalue weighted by Gasteiger charge is 2.39. The Kier molecular flexibility index (Phi) is 6.95. The van der Waals surface area contributed by atoms with Gasteiger partial charge >= 0.3 is 0 Å². The topological polar surface area (TPSA) is 47.6 Å². The van der Waals surface area contributed by atoms with Crippen molar-refractivity contribution in [1.29, 1.82) is 10.5 Å². The lowest BCUT2D eigenvalue weighted by atomic mass is 9.62. The second-order valence-electron chi connectivity index (χ2n) is 9.00. The number of nitriles is 2. The van der Waals surface area contributed by atoms with Gasteiger partial charge in [0.2, 0.25) is 0 Å². The number of hydrogen-bond donors (Lipinski definition) is 0. The maximum Gasteiger partial charge on any atom is 0.0991 e. The molecular formula is C25H34N2. The molecule has 0 N–H and O–H groups in total. The van der Waals surface area contributed by atoms with Crippen LogP contribution in [-0.2, 0) is 5.41 Å². The van der Waals surface area contributed by atoms with Crippen LogP contribution < -0.4 is 0 Å². The van der Waals surface area contributed by atoms with Gasteiger partial charge < -0.3 is 0 Å². The lowest BCUT2D eigenvalue weighted by molar-refractivity contribution is 0.143. The van der Waals surface area contributed by atoms with Crippen molar-refractivity contribution in [2.24, 2.45) is 17.8 Å². The van der Waals surface area contributed by atoms with Gasteiger partial charge in [-0.3, -0.25) is 0 Å². The van der Waals surface area contributed by atoms with Crippen LogP contribution in [0, 0.1) is 40.4 Å². The summed E-state index contributed by atoms with van der Waals surface area (Å²) < 4.78 is 0. The molecule has 2 aliphatic rings. The Morgan fingerprint density at radius 1 is 0.889 bits per heavy atom. The maximum absolute atomic E-state index is 9.94. The van der Waals surface area contributed by atoms with E-state index in [1.165, 1.54) is 64.2 Å². The van der Waals surface area contributed by atoms with Crippen LogP contribution >= 0.6 is 0 Å². The molecule has 0 atom stereocenters. The van der Waals surface area contributed by atoms with Crippen LogP contribution in [0.2, 0.25) is 0 Å². The molecule has 0 aromatic heterocycles. The smallest absolute Gasteiger partial charge is 0.0991 e. The first-order valence-electron chi connectivity index (χ1n) is 11.1. The fraction of sp³-hybridized carbons (Fsp3) is 0.680. The highest BCUT2D eigenvalue weighted by Crippen LogP contribution is 2.47. The van der Waals surface area contributed by atoms with Gasteiger partial charge in [0.05, 0.1) is 23.1 Å². The third-order valence-electron chi connectivity index (χ3n) is 7.44. The molecule has 3 rings (SSSR count). The largest absolute Gasteiger partial charge is 0.197 e. The Bertz CT molecular complexity index is 660. The number of hydrogen-bond acceptors (Lipinski definition) is 2. The fourth-order valence-electron chi connectivity index (χ4n) is 5.56. The van der Waals surface area contributed by atoms with Crippen molar-refractivity contribution in [3.63, 3.8) is 0 Å². The quantitative estimate of drug-likeness (QED) is 0.517. The summed E-state index contributed by atoms with van der Waals surface area (Å²) in [5.74, 6) is 2.69. The van der Waals surface area contributed by atoms with Crippen molar-refractivity contribution < 1.29 is 0 Å². The van der Waals surface area contributed by atoms with Crippen LogP contribution in [0.15, 0.2) is 24.3 Å². The van der Waals surface area contributed by atoms with Crippen LogP contribution in [0.5, 0.6) is 0 Å². The predicted molar refractivity (Wildman–Crippen MR) is 110 cm³/mol. The predicted octanol–water partition coefficient (Wildman–Crippen LogP) is 6.90. The first-order valence-corrected chi connectivity index (χ1v) is 11.1. The minimum Gasteiger partial charge on any atom is -0.197 e. The van der Waals surface area contributed by atoms with Crippen molar-refractivity contribution in [3.05, 3.63) is 35.4 Å². The zero-order valence-electron chi connectivity index (χ0n) is 16.9. The van der Waals surface area contributed by atoms with E-state index < -0.39 is 0 Å². The third-order valence-corrected chi connectivity index (χ3v) is 7.44. The zero-order valence-corrected chi connectivity index (χ0v) is 16.9.